The number of carbonyl (C=O) groups excluding carboxylic acids is 1. The van der Waals surface area contributed by atoms with Crippen LogP contribution < -0.4 is 0 Å². The van der Waals surface area contributed by atoms with Crippen molar-refractivity contribution in [2.75, 3.05) is 6.61 Å². The number of rotatable bonds is 5. The molecule has 1 unspecified atom stereocenters. The van der Waals surface area contributed by atoms with Gasteiger partial charge in [-0.3, -0.25) is 4.79 Å². The Bertz CT molecular complexity index is 1100. The molecule has 9 heteroatoms. The number of aliphatic hydroxyl groups excluding tert-OH is 2. The number of hydrogen-bond acceptors (Lipinski definition) is 7. The molecule has 0 bridgehead atoms. The summed E-state index contributed by atoms with van der Waals surface area (Å²) in [7, 11) is 0. The number of pyridine rings is 1. The third-order valence-electron chi connectivity index (χ3n) is 9.22. The van der Waals surface area contributed by atoms with Crippen LogP contribution in [0.15, 0.2) is 47.4 Å². The van der Waals surface area contributed by atoms with Gasteiger partial charge in [0.25, 0.3) is 0 Å². The first-order valence-corrected chi connectivity index (χ1v) is 12.3. The topological polar surface area (TPSA) is 112 Å². The van der Waals surface area contributed by atoms with Gasteiger partial charge in [-0.15, -0.1) is 5.56 Å². The van der Waals surface area contributed by atoms with Crippen molar-refractivity contribution in [2.24, 2.45) is 34.2 Å². The van der Waals surface area contributed by atoms with E-state index in [9.17, 15) is 20.1 Å². The third kappa shape index (κ3) is 4.51. The number of aromatic nitrogens is 1. The average molecular weight is 588 g/mol. The van der Waals surface area contributed by atoms with E-state index >= 15 is 4.39 Å². The third-order valence-corrected chi connectivity index (χ3v) is 9.22. The standard InChI is InChI=1S/C27H32FN2O5.CH3.Y/c1-16-10-20-21-6-5-18-11-19(30-35-15-17-4-3-9-29-13-17)7-8-25(18,2)27(21,28)23(32)12-22(20)26(16,34)24(33)14-31;;/h4,7-9,11,13,16,20-23,31-32,34H,5-6,10,12,14-15H2,1-2H3;1H3;/q2*-1;/b30-19+;;/t16-,20+,21+,22?,23+,25+,26-,27+;;/m1../s1. The summed E-state index contributed by atoms with van der Waals surface area (Å²) in [5, 5.41) is 36.2. The zero-order valence-electron chi connectivity index (χ0n) is 21.6. The molecular formula is C28H35FN2O5Y-2. The summed E-state index contributed by atoms with van der Waals surface area (Å²) in [5.41, 5.74) is -2.45. The zero-order valence-corrected chi connectivity index (χ0v) is 24.4. The van der Waals surface area contributed by atoms with E-state index in [1.165, 1.54) is 0 Å². The number of oxime groups is 1. The number of fused-ring (bicyclic) bond motifs is 5. The molecular weight excluding hydrogens is 552 g/mol. The van der Waals surface area contributed by atoms with Gasteiger partial charge in [-0.05, 0) is 62.8 Å². The van der Waals surface area contributed by atoms with E-state index in [2.05, 4.69) is 16.2 Å². The molecule has 8 atom stereocenters. The molecule has 0 saturated heterocycles. The largest absolute Gasteiger partial charge is 0.409 e. The molecule has 3 N–H and O–H groups in total. The molecule has 3 fully saturated rings. The smallest absolute Gasteiger partial charge is 0.190 e. The number of ketones is 1. The van der Waals surface area contributed by atoms with Crippen molar-refractivity contribution in [2.45, 2.75) is 63.5 Å². The molecule has 1 aromatic heterocycles. The molecule has 0 aliphatic heterocycles. The van der Waals surface area contributed by atoms with Crippen LogP contribution in [-0.2, 0) is 48.9 Å². The van der Waals surface area contributed by atoms with E-state index in [0.717, 1.165) is 11.1 Å². The van der Waals surface area contributed by atoms with Crippen molar-refractivity contribution in [3.63, 3.8) is 0 Å². The van der Waals surface area contributed by atoms with Crippen molar-refractivity contribution >= 4 is 11.5 Å². The van der Waals surface area contributed by atoms with Gasteiger partial charge in [0.2, 0.25) is 0 Å². The van der Waals surface area contributed by atoms with E-state index in [-0.39, 0.29) is 59.1 Å². The van der Waals surface area contributed by atoms with Crippen LogP contribution >= 0.6 is 0 Å². The maximum absolute atomic E-state index is 17.2. The maximum atomic E-state index is 17.2. The number of alkyl halides is 1. The summed E-state index contributed by atoms with van der Waals surface area (Å²) in [4.78, 5) is 22.0. The van der Waals surface area contributed by atoms with Crippen molar-refractivity contribution in [1.82, 2.24) is 4.98 Å². The van der Waals surface area contributed by atoms with Crippen LogP contribution in [0.3, 0.4) is 0 Å². The molecule has 4 aliphatic rings. The van der Waals surface area contributed by atoms with E-state index in [1.807, 2.05) is 13.0 Å². The second kappa shape index (κ2) is 11.0. The second-order valence-corrected chi connectivity index (χ2v) is 10.8. The van der Waals surface area contributed by atoms with Gasteiger partial charge in [-0.2, -0.15) is 0 Å². The summed E-state index contributed by atoms with van der Waals surface area (Å²) in [6.07, 6.45) is 8.81. The maximum Gasteiger partial charge on any atom is 0.190 e. The zero-order chi connectivity index (χ0) is 25.0. The Morgan fingerprint density at radius 2 is 2.11 bits per heavy atom. The molecule has 3 saturated carbocycles. The molecule has 5 rings (SSSR count). The average Bonchev–Trinajstić information content (AvgIpc) is 3.11. The summed E-state index contributed by atoms with van der Waals surface area (Å²) in [5.74, 6) is -2.38. The number of allylic oxidation sites excluding steroid dienone is 4. The Hall–Kier alpha value is -1.32. The van der Waals surface area contributed by atoms with Gasteiger partial charge in [0.1, 0.15) is 17.9 Å². The van der Waals surface area contributed by atoms with Crippen LogP contribution in [0.1, 0.15) is 45.1 Å². The van der Waals surface area contributed by atoms with Gasteiger partial charge in [-0.1, -0.05) is 29.9 Å². The fraction of sp³-hybridized carbons (Fsp3) is 0.571. The number of carbonyl (C=O) groups is 1. The summed E-state index contributed by atoms with van der Waals surface area (Å²) in [6, 6.07) is 4.65. The van der Waals surface area contributed by atoms with Crippen LogP contribution in [0, 0.1) is 42.6 Å². The fourth-order valence-electron chi connectivity index (χ4n) is 7.40. The first-order chi connectivity index (χ1) is 16.7. The molecule has 37 heavy (non-hydrogen) atoms. The Labute approximate surface area is 243 Å². The van der Waals surface area contributed by atoms with Gasteiger partial charge >= 0.3 is 0 Å². The van der Waals surface area contributed by atoms with Crippen LogP contribution in [-0.4, -0.2) is 55.8 Å². The predicted molar refractivity (Wildman–Crippen MR) is 132 cm³/mol. The minimum absolute atomic E-state index is 0. The summed E-state index contributed by atoms with van der Waals surface area (Å²) in [6.45, 7) is 3.08. The molecule has 199 valence electrons. The molecule has 0 aromatic carbocycles. The molecule has 0 spiro atoms. The van der Waals surface area contributed by atoms with Crippen molar-refractivity contribution in [1.29, 1.82) is 0 Å². The van der Waals surface area contributed by atoms with Crippen LogP contribution in [0.4, 0.5) is 4.39 Å². The Kier molecular flexibility index (Phi) is 9.03. The Morgan fingerprint density at radius 1 is 1.35 bits per heavy atom. The van der Waals surface area contributed by atoms with Gasteiger partial charge in [0.05, 0.1) is 12.7 Å². The monoisotopic (exact) mass is 587 g/mol. The first kappa shape index (κ1) is 30.2. The Morgan fingerprint density at radius 3 is 2.78 bits per heavy atom. The van der Waals surface area contributed by atoms with Crippen molar-refractivity contribution in [3.05, 3.63) is 61.3 Å². The van der Waals surface area contributed by atoms with Crippen molar-refractivity contribution in [3.8, 4) is 0 Å². The van der Waals surface area contributed by atoms with E-state index in [4.69, 9.17) is 4.84 Å². The van der Waals surface area contributed by atoms with Gasteiger partial charge in [0.15, 0.2) is 11.5 Å². The minimum Gasteiger partial charge on any atom is -0.409 e. The van der Waals surface area contributed by atoms with Gasteiger partial charge < -0.3 is 32.6 Å². The number of hydrogen-bond donors (Lipinski definition) is 3. The summed E-state index contributed by atoms with van der Waals surface area (Å²) < 4.78 is 17.2. The molecule has 1 radical (unpaired) electrons. The van der Waals surface area contributed by atoms with Crippen molar-refractivity contribution < 1.29 is 62.1 Å². The number of Topliss-reactive ketones (excluding diaryl/α,β-unsaturated/α-hetero) is 1. The molecule has 7 nitrogen and oxygen atoms in total. The summed E-state index contributed by atoms with van der Waals surface area (Å²) >= 11 is 0. The van der Waals surface area contributed by atoms with Gasteiger partial charge in [0, 0.05) is 50.0 Å². The SMILES string of the molecule is C[C@@H]1C[C@@H]2C(C[C@H](O)[C@@]3(F)[C@H]2CCC2=C/C(=N/OCc4c[c-]cnc4)C=C[C@@]23C)[C@@]1(O)C(=O)CO.[CH3-].[Y]. The van der Waals surface area contributed by atoms with E-state index < -0.39 is 52.9 Å². The molecule has 1 aromatic rings. The molecule has 0 amide bonds. The molecule has 4 aliphatic carbocycles. The Balaban J connectivity index is 0.00000190. The normalized spacial score (nSPS) is 40.9. The minimum atomic E-state index is -1.94. The van der Waals surface area contributed by atoms with E-state index in [0.29, 0.717) is 25.0 Å². The van der Waals surface area contributed by atoms with Crippen LogP contribution in [0.5, 0.6) is 0 Å². The second-order valence-electron chi connectivity index (χ2n) is 10.8. The predicted octanol–water partition coefficient (Wildman–Crippen LogP) is 3.15. The molecule has 1 heterocycles. The van der Waals surface area contributed by atoms with Crippen LogP contribution in [0.2, 0.25) is 0 Å². The fourth-order valence-corrected chi connectivity index (χ4v) is 7.40. The van der Waals surface area contributed by atoms with E-state index in [1.54, 1.807) is 37.5 Å². The van der Waals surface area contributed by atoms with Gasteiger partial charge in [-0.25, -0.2) is 16.5 Å². The first-order valence-electron chi connectivity index (χ1n) is 12.3. The van der Waals surface area contributed by atoms with Crippen LogP contribution in [0.25, 0.3) is 0 Å². The number of aliphatic hydroxyl groups is 3. The number of halogens is 1. The number of nitrogens with zero attached hydrogens (tertiary/aromatic N) is 2. The quantitative estimate of drug-likeness (QED) is 0.361.